The van der Waals surface area contributed by atoms with Gasteiger partial charge in [0.05, 0.1) is 6.10 Å². The fourth-order valence-electron chi connectivity index (χ4n) is 1.09. The van der Waals surface area contributed by atoms with Crippen LogP contribution in [0.15, 0.2) is 12.1 Å². The summed E-state index contributed by atoms with van der Waals surface area (Å²) in [5.74, 6) is -0.259. The van der Waals surface area contributed by atoms with Crippen molar-refractivity contribution in [1.82, 2.24) is 4.57 Å². The minimum atomic E-state index is -0.259. The second kappa shape index (κ2) is 3.64. The molecule has 1 heterocycles. The van der Waals surface area contributed by atoms with Gasteiger partial charge < -0.3 is 9.30 Å². The Labute approximate surface area is 78.3 Å². The second-order valence-corrected chi connectivity index (χ2v) is 3.37. The fraction of sp³-hybridized carbons (Fsp3) is 0.500. The Balaban J connectivity index is 2.83. The van der Waals surface area contributed by atoms with Crippen molar-refractivity contribution in [2.45, 2.75) is 26.9 Å². The lowest BCUT2D eigenvalue weighted by molar-refractivity contribution is 0.0366. The smallest absolute Gasteiger partial charge is 0.355 e. The lowest BCUT2D eigenvalue weighted by Crippen LogP contribution is -2.15. The van der Waals surface area contributed by atoms with Crippen LogP contribution in [0.25, 0.3) is 0 Å². The molecule has 0 atom stereocenters. The van der Waals surface area contributed by atoms with Crippen LogP contribution in [0.3, 0.4) is 0 Å². The quantitative estimate of drug-likeness (QED) is 0.652. The molecule has 0 saturated carbocycles. The molecule has 3 nitrogen and oxygen atoms in total. The van der Waals surface area contributed by atoms with Crippen molar-refractivity contribution in [1.29, 1.82) is 0 Å². The van der Waals surface area contributed by atoms with Crippen LogP contribution >= 0.6 is 0 Å². The molecule has 72 valence electrons. The monoisotopic (exact) mass is 181 g/mol. The third kappa shape index (κ3) is 2.11. The highest BCUT2D eigenvalue weighted by atomic mass is 16.5. The van der Waals surface area contributed by atoms with E-state index in [0.717, 1.165) is 5.69 Å². The molecule has 0 radical (unpaired) electrons. The van der Waals surface area contributed by atoms with Crippen molar-refractivity contribution in [3.05, 3.63) is 23.5 Å². The van der Waals surface area contributed by atoms with Gasteiger partial charge in [-0.15, -0.1) is 0 Å². The first kappa shape index (κ1) is 9.84. The van der Waals surface area contributed by atoms with Crippen LogP contribution in [0.1, 0.15) is 30.0 Å². The number of esters is 1. The highest BCUT2D eigenvalue weighted by Crippen LogP contribution is 2.08. The van der Waals surface area contributed by atoms with E-state index in [1.165, 1.54) is 0 Å². The standard InChI is InChI=1S/C10H15NO2/c1-7(2)13-10(12)9-6-5-8(3)11(9)4/h5-7H,1-4H3. The van der Waals surface area contributed by atoms with Crippen LogP contribution in [0.5, 0.6) is 0 Å². The van der Waals surface area contributed by atoms with Crippen molar-refractivity contribution in [2.75, 3.05) is 0 Å². The molecule has 1 rings (SSSR count). The summed E-state index contributed by atoms with van der Waals surface area (Å²) < 4.78 is 6.89. The summed E-state index contributed by atoms with van der Waals surface area (Å²) in [5, 5.41) is 0. The van der Waals surface area contributed by atoms with Gasteiger partial charge in [0.25, 0.3) is 0 Å². The molecule has 0 aliphatic carbocycles. The molecule has 0 amide bonds. The molecular weight excluding hydrogens is 166 g/mol. The summed E-state index contributed by atoms with van der Waals surface area (Å²) in [6, 6.07) is 3.68. The predicted octanol–water partition coefficient (Wildman–Crippen LogP) is 1.90. The summed E-state index contributed by atoms with van der Waals surface area (Å²) in [6.45, 7) is 5.63. The molecule has 3 heteroatoms. The van der Waals surface area contributed by atoms with Crippen molar-refractivity contribution < 1.29 is 9.53 Å². The molecule has 0 fully saturated rings. The molecule has 0 saturated heterocycles. The van der Waals surface area contributed by atoms with Gasteiger partial charge in [0.1, 0.15) is 5.69 Å². The number of hydrogen-bond acceptors (Lipinski definition) is 2. The van der Waals surface area contributed by atoms with Gasteiger partial charge in [-0.2, -0.15) is 0 Å². The second-order valence-electron chi connectivity index (χ2n) is 3.37. The maximum atomic E-state index is 11.4. The van der Waals surface area contributed by atoms with Crippen LogP contribution in [-0.2, 0) is 11.8 Å². The number of carbonyl (C=O) groups is 1. The van der Waals surface area contributed by atoms with E-state index in [1.54, 1.807) is 6.07 Å². The molecule has 0 bridgehead atoms. The highest BCUT2D eigenvalue weighted by molar-refractivity contribution is 5.88. The zero-order valence-electron chi connectivity index (χ0n) is 8.50. The maximum absolute atomic E-state index is 11.4. The fourth-order valence-corrected chi connectivity index (χ4v) is 1.09. The Morgan fingerprint density at radius 1 is 1.46 bits per heavy atom. The first-order chi connectivity index (χ1) is 6.02. The Hall–Kier alpha value is -1.25. The van der Waals surface area contributed by atoms with Crippen molar-refractivity contribution in [3.8, 4) is 0 Å². The number of aryl methyl sites for hydroxylation is 1. The Morgan fingerprint density at radius 2 is 2.08 bits per heavy atom. The molecule has 0 aliphatic rings. The number of hydrogen-bond donors (Lipinski definition) is 0. The van der Waals surface area contributed by atoms with Gasteiger partial charge in [0.2, 0.25) is 0 Å². The highest BCUT2D eigenvalue weighted by Gasteiger charge is 2.13. The number of aromatic nitrogens is 1. The van der Waals surface area contributed by atoms with Gasteiger partial charge in [0.15, 0.2) is 0 Å². The minimum absolute atomic E-state index is 0.0669. The Kier molecular flexibility index (Phi) is 2.76. The van der Waals surface area contributed by atoms with Crippen molar-refractivity contribution in [2.24, 2.45) is 7.05 Å². The van der Waals surface area contributed by atoms with Crippen LogP contribution < -0.4 is 0 Å². The summed E-state index contributed by atoms with van der Waals surface area (Å²) in [6.07, 6.45) is -0.0669. The van der Waals surface area contributed by atoms with E-state index in [-0.39, 0.29) is 12.1 Å². The average Bonchev–Trinajstić information content (AvgIpc) is 2.31. The number of ether oxygens (including phenoxy) is 1. The topological polar surface area (TPSA) is 31.2 Å². The van der Waals surface area contributed by atoms with Crippen LogP contribution in [0, 0.1) is 6.92 Å². The predicted molar refractivity (Wildman–Crippen MR) is 50.7 cm³/mol. The van der Waals surface area contributed by atoms with Crippen molar-refractivity contribution in [3.63, 3.8) is 0 Å². The summed E-state index contributed by atoms with van der Waals surface area (Å²) in [4.78, 5) is 11.4. The zero-order chi connectivity index (χ0) is 10.0. The molecule has 0 aliphatic heterocycles. The number of rotatable bonds is 2. The molecule has 13 heavy (non-hydrogen) atoms. The first-order valence-electron chi connectivity index (χ1n) is 4.35. The largest absolute Gasteiger partial charge is 0.458 e. The van der Waals surface area contributed by atoms with E-state index < -0.39 is 0 Å². The zero-order valence-corrected chi connectivity index (χ0v) is 8.50. The van der Waals surface area contributed by atoms with Crippen molar-refractivity contribution >= 4 is 5.97 Å². The molecular formula is C10H15NO2. The number of carbonyl (C=O) groups excluding carboxylic acids is 1. The SMILES string of the molecule is Cc1ccc(C(=O)OC(C)C)n1C. The van der Waals surface area contributed by atoms with Gasteiger partial charge in [0, 0.05) is 12.7 Å². The molecule has 0 aromatic carbocycles. The number of nitrogens with zero attached hydrogens (tertiary/aromatic N) is 1. The molecule has 1 aromatic heterocycles. The van der Waals surface area contributed by atoms with E-state index in [9.17, 15) is 4.79 Å². The summed E-state index contributed by atoms with van der Waals surface area (Å²) in [7, 11) is 1.85. The van der Waals surface area contributed by atoms with E-state index in [4.69, 9.17) is 4.74 Å². The summed E-state index contributed by atoms with van der Waals surface area (Å²) in [5.41, 5.74) is 1.65. The lowest BCUT2D eigenvalue weighted by Gasteiger charge is -2.08. The normalized spacial score (nSPS) is 10.5. The third-order valence-electron chi connectivity index (χ3n) is 1.92. The third-order valence-corrected chi connectivity index (χ3v) is 1.92. The van der Waals surface area contributed by atoms with E-state index in [1.807, 2.05) is 38.5 Å². The van der Waals surface area contributed by atoms with Gasteiger partial charge in [-0.25, -0.2) is 4.79 Å². The average molecular weight is 181 g/mol. The van der Waals surface area contributed by atoms with Crippen LogP contribution in [0.2, 0.25) is 0 Å². The molecule has 0 unspecified atom stereocenters. The first-order valence-corrected chi connectivity index (χ1v) is 4.35. The van der Waals surface area contributed by atoms with Gasteiger partial charge >= 0.3 is 5.97 Å². The molecule has 1 aromatic rings. The Morgan fingerprint density at radius 3 is 2.46 bits per heavy atom. The van der Waals surface area contributed by atoms with Crippen LogP contribution in [0.4, 0.5) is 0 Å². The van der Waals surface area contributed by atoms with E-state index in [2.05, 4.69) is 0 Å². The van der Waals surface area contributed by atoms with Gasteiger partial charge in [-0.3, -0.25) is 0 Å². The molecule has 0 N–H and O–H groups in total. The van der Waals surface area contributed by atoms with E-state index >= 15 is 0 Å². The Bertz CT molecular complexity index is 313. The van der Waals surface area contributed by atoms with Gasteiger partial charge in [-0.05, 0) is 32.9 Å². The lowest BCUT2D eigenvalue weighted by atomic mass is 10.4. The molecule has 0 spiro atoms. The van der Waals surface area contributed by atoms with Gasteiger partial charge in [-0.1, -0.05) is 0 Å². The minimum Gasteiger partial charge on any atom is -0.458 e. The summed E-state index contributed by atoms with van der Waals surface area (Å²) >= 11 is 0. The van der Waals surface area contributed by atoms with E-state index in [0.29, 0.717) is 5.69 Å². The van der Waals surface area contributed by atoms with Crippen LogP contribution in [-0.4, -0.2) is 16.6 Å². The maximum Gasteiger partial charge on any atom is 0.355 e.